The van der Waals surface area contributed by atoms with Gasteiger partial charge in [0.25, 0.3) is 0 Å². The van der Waals surface area contributed by atoms with Crippen molar-refractivity contribution < 1.29 is 28.9 Å². The zero-order valence-corrected chi connectivity index (χ0v) is 17.1. The summed E-state index contributed by atoms with van der Waals surface area (Å²) in [6, 6.07) is 5.51. The lowest BCUT2D eigenvalue weighted by molar-refractivity contribution is -0.185. The van der Waals surface area contributed by atoms with Gasteiger partial charge in [0.2, 0.25) is 5.91 Å². The van der Waals surface area contributed by atoms with Crippen LogP contribution in [0.4, 0.5) is 10.5 Å². The van der Waals surface area contributed by atoms with Crippen molar-refractivity contribution in [2.45, 2.75) is 37.5 Å². The Bertz CT molecular complexity index is 767. The molecular weight excluding hydrogens is 392 g/mol. The summed E-state index contributed by atoms with van der Waals surface area (Å²) >= 11 is 0. The second-order valence-electron chi connectivity index (χ2n) is 7.75. The molecule has 3 heterocycles. The van der Waals surface area contributed by atoms with E-state index < -0.39 is 36.6 Å². The molecule has 10 heteroatoms. The van der Waals surface area contributed by atoms with Crippen molar-refractivity contribution in [3.05, 3.63) is 24.3 Å². The summed E-state index contributed by atoms with van der Waals surface area (Å²) in [6.07, 6.45) is -1.82. The first-order chi connectivity index (χ1) is 14.5. The summed E-state index contributed by atoms with van der Waals surface area (Å²) in [5, 5.41) is 16.7. The van der Waals surface area contributed by atoms with Gasteiger partial charge in [0, 0.05) is 38.8 Å². The van der Waals surface area contributed by atoms with Crippen molar-refractivity contribution in [1.29, 1.82) is 0 Å². The fourth-order valence-electron chi connectivity index (χ4n) is 4.30. The van der Waals surface area contributed by atoms with Crippen molar-refractivity contribution in [1.82, 2.24) is 15.1 Å². The van der Waals surface area contributed by atoms with Crippen molar-refractivity contribution in [3.63, 3.8) is 0 Å². The molecule has 0 spiro atoms. The lowest BCUT2D eigenvalue weighted by Crippen LogP contribution is -2.67. The number of anilines is 1. The number of carbonyl (C=O) groups excluding carboxylic acids is 2. The van der Waals surface area contributed by atoms with Gasteiger partial charge in [-0.3, -0.25) is 9.69 Å². The van der Waals surface area contributed by atoms with E-state index in [1.165, 1.54) is 0 Å². The van der Waals surface area contributed by atoms with E-state index in [1.807, 2.05) is 0 Å². The highest BCUT2D eigenvalue weighted by Gasteiger charge is 2.52. The van der Waals surface area contributed by atoms with Gasteiger partial charge in [0.05, 0.1) is 31.9 Å². The Morgan fingerprint density at radius 3 is 2.50 bits per heavy atom. The second-order valence-corrected chi connectivity index (χ2v) is 7.75. The number of urea groups is 1. The Morgan fingerprint density at radius 1 is 1.17 bits per heavy atom. The first-order valence-corrected chi connectivity index (χ1v) is 10.1. The van der Waals surface area contributed by atoms with Gasteiger partial charge in [-0.15, -0.1) is 0 Å². The number of amides is 3. The number of rotatable bonds is 4. The number of nitrogens with zero attached hydrogens (tertiary/aromatic N) is 2. The normalized spacial score (nSPS) is 31.3. The summed E-state index contributed by atoms with van der Waals surface area (Å²) in [5.74, 6) is 0.737. The predicted molar refractivity (Wildman–Crippen MR) is 107 cm³/mol. The molecule has 3 saturated heterocycles. The molecule has 5 atom stereocenters. The van der Waals surface area contributed by atoms with E-state index in [1.54, 1.807) is 43.2 Å². The van der Waals surface area contributed by atoms with Crippen molar-refractivity contribution >= 4 is 17.6 Å². The topological polar surface area (TPSA) is 113 Å². The lowest BCUT2D eigenvalue weighted by Gasteiger charge is -2.46. The monoisotopic (exact) mass is 420 g/mol. The highest BCUT2D eigenvalue weighted by Crippen LogP contribution is 2.32. The molecule has 4 rings (SSSR count). The first-order valence-electron chi connectivity index (χ1n) is 10.1. The fourth-order valence-corrected chi connectivity index (χ4v) is 4.30. The van der Waals surface area contributed by atoms with E-state index in [0.717, 1.165) is 0 Å². The molecule has 164 valence electrons. The minimum atomic E-state index is -0.859. The van der Waals surface area contributed by atoms with E-state index in [9.17, 15) is 14.7 Å². The number of aliphatic hydroxyl groups excluding tert-OH is 1. The molecule has 0 aromatic heterocycles. The van der Waals surface area contributed by atoms with Crippen LogP contribution < -0.4 is 15.4 Å². The Labute approximate surface area is 175 Å². The first kappa shape index (κ1) is 20.9. The van der Waals surface area contributed by atoms with Gasteiger partial charge in [0.15, 0.2) is 6.29 Å². The molecule has 0 saturated carbocycles. The molecule has 2 bridgehead atoms. The maximum Gasteiger partial charge on any atom is 0.319 e. The van der Waals surface area contributed by atoms with E-state index in [-0.39, 0.29) is 5.91 Å². The fraction of sp³-hybridized carbons (Fsp3) is 0.600. The SMILES string of the molecule is COc1ccc(NC(=O)N[C@H]2[C@H](O)[C@@H](N3CCN(C(C)=O)CC3)[C@@H]3OC[C@H]2O3)cc1. The van der Waals surface area contributed by atoms with Gasteiger partial charge in [0.1, 0.15) is 11.9 Å². The number of nitrogens with one attached hydrogen (secondary N) is 2. The van der Waals surface area contributed by atoms with Crippen LogP contribution in [0.15, 0.2) is 24.3 Å². The van der Waals surface area contributed by atoms with Crippen LogP contribution in [-0.2, 0) is 14.3 Å². The number of ether oxygens (including phenoxy) is 3. The minimum absolute atomic E-state index is 0.0435. The summed E-state index contributed by atoms with van der Waals surface area (Å²) in [4.78, 5) is 28.0. The molecule has 3 amide bonds. The number of piperazine rings is 1. The van der Waals surface area contributed by atoms with Gasteiger partial charge in [-0.05, 0) is 24.3 Å². The van der Waals surface area contributed by atoms with Crippen LogP contribution in [0.2, 0.25) is 0 Å². The predicted octanol–water partition coefficient (Wildman–Crippen LogP) is -0.166. The third-order valence-electron chi connectivity index (χ3n) is 5.96. The van der Waals surface area contributed by atoms with Crippen LogP contribution in [0.1, 0.15) is 6.92 Å². The summed E-state index contributed by atoms with van der Waals surface area (Å²) in [6.45, 7) is 4.26. The number of hydrogen-bond acceptors (Lipinski definition) is 7. The molecule has 3 fully saturated rings. The van der Waals surface area contributed by atoms with Crippen LogP contribution >= 0.6 is 0 Å². The van der Waals surface area contributed by atoms with Crippen LogP contribution in [0.5, 0.6) is 5.75 Å². The Kier molecular flexibility index (Phi) is 6.09. The van der Waals surface area contributed by atoms with E-state index in [2.05, 4.69) is 15.5 Å². The smallest absolute Gasteiger partial charge is 0.319 e. The summed E-state index contributed by atoms with van der Waals surface area (Å²) < 4.78 is 16.8. The van der Waals surface area contributed by atoms with Crippen molar-refractivity contribution in [3.8, 4) is 5.75 Å². The Balaban J connectivity index is 1.39. The average Bonchev–Trinajstić information content (AvgIpc) is 3.17. The Morgan fingerprint density at radius 2 is 1.87 bits per heavy atom. The lowest BCUT2D eigenvalue weighted by atomic mass is 9.94. The third kappa shape index (κ3) is 4.22. The van der Waals surface area contributed by atoms with Crippen LogP contribution in [0.3, 0.4) is 0 Å². The number of methoxy groups -OCH3 is 1. The summed E-state index contributed by atoms with van der Waals surface area (Å²) in [7, 11) is 1.58. The standard InChI is InChI=1S/C20H28N4O6/c1-12(25)23-7-9-24(10-8-23)17-18(26)16(15-11-29-19(17)30-15)22-20(27)21-13-3-5-14(28-2)6-4-13/h3-6,15-19,26H,7-11H2,1-2H3,(H2,21,22,27)/t15-,16-,17-,18+,19-/m1/s1. The van der Waals surface area contributed by atoms with Crippen LogP contribution in [0, 0.1) is 0 Å². The molecule has 0 aliphatic carbocycles. The highest BCUT2D eigenvalue weighted by molar-refractivity contribution is 5.89. The molecular formula is C20H28N4O6. The molecule has 0 radical (unpaired) electrons. The van der Waals surface area contributed by atoms with Gasteiger partial charge in [-0.25, -0.2) is 4.79 Å². The van der Waals surface area contributed by atoms with Gasteiger partial charge in [-0.1, -0.05) is 0 Å². The largest absolute Gasteiger partial charge is 0.497 e. The quantitative estimate of drug-likeness (QED) is 0.620. The van der Waals surface area contributed by atoms with E-state index >= 15 is 0 Å². The third-order valence-corrected chi connectivity index (χ3v) is 5.96. The Hall–Kier alpha value is -2.40. The number of carbonyl (C=O) groups is 2. The van der Waals surface area contributed by atoms with E-state index in [0.29, 0.717) is 44.2 Å². The van der Waals surface area contributed by atoms with Crippen LogP contribution in [0.25, 0.3) is 0 Å². The molecule has 1 aromatic rings. The number of fused-ring (bicyclic) bond motifs is 2. The van der Waals surface area contributed by atoms with Crippen LogP contribution in [-0.4, -0.2) is 97.3 Å². The summed E-state index contributed by atoms with van der Waals surface area (Å²) in [5.41, 5.74) is 0.608. The number of hydrogen-bond donors (Lipinski definition) is 3. The zero-order valence-electron chi connectivity index (χ0n) is 17.1. The van der Waals surface area contributed by atoms with Gasteiger partial charge in [-0.2, -0.15) is 0 Å². The molecule has 10 nitrogen and oxygen atoms in total. The maximum absolute atomic E-state index is 12.5. The van der Waals surface area contributed by atoms with E-state index in [4.69, 9.17) is 14.2 Å². The average molecular weight is 420 g/mol. The number of aliphatic hydroxyl groups is 1. The van der Waals surface area contributed by atoms with Crippen molar-refractivity contribution in [2.24, 2.45) is 0 Å². The zero-order chi connectivity index (χ0) is 21.3. The molecule has 3 aliphatic heterocycles. The highest BCUT2D eigenvalue weighted by atomic mass is 16.7. The molecule has 3 aliphatic rings. The molecule has 30 heavy (non-hydrogen) atoms. The number of benzene rings is 1. The van der Waals surface area contributed by atoms with Gasteiger partial charge >= 0.3 is 6.03 Å². The molecule has 1 aromatic carbocycles. The molecule has 0 unspecified atom stereocenters. The van der Waals surface area contributed by atoms with Gasteiger partial charge < -0.3 is 34.9 Å². The molecule has 3 N–H and O–H groups in total. The second kappa shape index (κ2) is 8.76. The minimum Gasteiger partial charge on any atom is -0.497 e. The maximum atomic E-state index is 12.5. The van der Waals surface area contributed by atoms with Crippen molar-refractivity contribution in [2.75, 3.05) is 45.2 Å².